The summed E-state index contributed by atoms with van der Waals surface area (Å²) in [5.74, 6) is 0.916. The highest BCUT2D eigenvalue weighted by atomic mass is 16.5. The Balaban J connectivity index is 1.47. The van der Waals surface area contributed by atoms with Crippen LogP contribution in [0, 0.1) is 5.92 Å². The van der Waals surface area contributed by atoms with Gasteiger partial charge in [-0.05, 0) is 31.6 Å². The number of carbonyl (C=O) groups excluding carboxylic acids is 2. The first-order valence-electron chi connectivity index (χ1n) is 8.10. The van der Waals surface area contributed by atoms with E-state index in [-0.39, 0.29) is 24.5 Å². The molecule has 0 radical (unpaired) electrons. The standard InChI is InChI=1S/C15H25N3O3/c19-14-8-16-5-7-18(14)13-2-1-6-17(9-13)15(20)11-21-10-12-3-4-12/h12-13,16H,1-11H2. The average Bonchev–Trinajstić information content (AvgIpc) is 3.32. The van der Waals surface area contributed by atoms with Crippen molar-refractivity contribution in [3.05, 3.63) is 0 Å². The number of hydrogen-bond donors (Lipinski definition) is 1. The second-order valence-corrected chi connectivity index (χ2v) is 6.36. The van der Waals surface area contributed by atoms with Crippen molar-refractivity contribution >= 4 is 11.8 Å². The summed E-state index contributed by atoms with van der Waals surface area (Å²) < 4.78 is 5.49. The Morgan fingerprint density at radius 1 is 1.29 bits per heavy atom. The van der Waals surface area contributed by atoms with E-state index in [4.69, 9.17) is 4.74 Å². The molecule has 21 heavy (non-hydrogen) atoms. The van der Waals surface area contributed by atoms with E-state index in [9.17, 15) is 9.59 Å². The lowest BCUT2D eigenvalue weighted by atomic mass is 10.0. The Kier molecular flexibility index (Phi) is 4.75. The molecule has 2 amide bonds. The van der Waals surface area contributed by atoms with Crippen molar-refractivity contribution in [2.45, 2.75) is 31.7 Å². The quantitative estimate of drug-likeness (QED) is 0.765. The zero-order valence-corrected chi connectivity index (χ0v) is 12.6. The summed E-state index contributed by atoms with van der Waals surface area (Å²) in [7, 11) is 0. The Labute approximate surface area is 125 Å². The number of likely N-dealkylation sites (tertiary alicyclic amines) is 1. The van der Waals surface area contributed by atoms with Crippen LogP contribution in [0.4, 0.5) is 0 Å². The molecule has 6 nitrogen and oxygen atoms in total. The van der Waals surface area contributed by atoms with Gasteiger partial charge in [-0.1, -0.05) is 0 Å². The van der Waals surface area contributed by atoms with Gasteiger partial charge >= 0.3 is 0 Å². The average molecular weight is 295 g/mol. The summed E-state index contributed by atoms with van der Waals surface area (Å²) in [6, 6.07) is 0.181. The third kappa shape index (κ3) is 3.95. The van der Waals surface area contributed by atoms with Crippen LogP contribution in [0.3, 0.4) is 0 Å². The Hall–Kier alpha value is -1.14. The van der Waals surface area contributed by atoms with Crippen LogP contribution in [0.2, 0.25) is 0 Å². The summed E-state index contributed by atoms with van der Waals surface area (Å²) in [6.45, 7) is 4.40. The number of piperidine rings is 1. The molecule has 0 spiro atoms. The van der Waals surface area contributed by atoms with Crippen LogP contribution in [0.25, 0.3) is 0 Å². The summed E-state index contributed by atoms with van der Waals surface area (Å²) >= 11 is 0. The molecular formula is C15H25N3O3. The minimum Gasteiger partial charge on any atom is -0.371 e. The van der Waals surface area contributed by atoms with Gasteiger partial charge in [0.25, 0.3) is 0 Å². The molecule has 3 rings (SSSR count). The van der Waals surface area contributed by atoms with Crippen molar-refractivity contribution in [3.63, 3.8) is 0 Å². The maximum Gasteiger partial charge on any atom is 0.248 e. The normalized spacial score (nSPS) is 27.0. The number of hydrogen-bond acceptors (Lipinski definition) is 4. The molecule has 1 saturated carbocycles. The largest absolute Gasteiger partial charge is 0.371 e. The van der Waals surface area contributed by atoms with Gasteiger partial charge in [0.2, 0.25) is 11.8 Å². The van der Waals surface area contributed by atoms with Gasteiger partial charge in [-0.15, -0.1) is 0 Å². The van der Waals surface area contributed by atoms with Crippen molar-refractivity contribution in [3.8, 4) is 0 Å². The molecule has 2 aliphatic heterocycles. The van der Waals surface area contributed by atoms with Gasteiger partial charge in [0.05, 0.1) is 13.2 Å². The lowest BCUT2D eigenvalue weighted by molar-refractivity contribution is -0.143. The van der Waals surface area contributed by atoms with Gasteiger partial charge in [-0.25, -0.2) is 0 Å². The van der Waals surface area contributed by atoms with Crippen molar-refractivity contribution in [2.75, 3.05) is 45.9 Å². The molecular weight excluding hydrogens is 270 g/mol. The molecule has 3 fully saturated rings. The Morgan fingerprint density at radius 3 is 2.90 bits per heavy atom. The molecule has 1 aliphatic carbocycles. The van der Waals surface area contributed by atoms with Gasteiger partial charge in [0.15, 0.2) is 0 Å². The van der Waals surface area contributed by atoms with Gasteiger partial charge in [0, 0.05) is 32.2 Å². The molecule has 0 aromatic rings. The highest BCUT2D eigenvalue weighted by Crippen LogP contribution is 2.28. The molecule has 1 atom stereocenters. The summed E-state index contributed by atoms with van der Waals surface area (Å²) in [6.07, 6.45) is 4.45. The molecule has 0 aromatic heterocycles. The number of amides is 2. The van der Waals surface area contributed by atoms with Crippen LogP contribution in [0.1, 0.15) is 25.7 Å². The van der Waals surface area contributed by atoms with E-state index in [1.807, 2.05) is 9.80 Å². The molecule has 1 unspecified atom stereocenters. The van der Waals surface area contributed by atoms with Crippen LogP contribution >= 0.6 is 0 Å². The third-order valence-corrected chi connectivity index (χ3v) is 4.59. The zero-order valence-electron chi connectivity index (χ0n) is 12.6. The fourth-order valence-electron chi connectivity index (χ4n) is 3.13. The minimum absolute atomic E-state index is 0.0722. The van der Waals surface area contributed by atoms with Crippen molar-refractivity contribution in [2.24, 2.45) is 5.92 Å². The van der Waals surface area contributed by atoms with Crippen LogP contribution < -0.4 is 5.32 Å². The predicted molar refractivity (Wildman–Crippen MR) is 77.7 cm³/mol. The predicted octanol–water partition coefficient (Wildman–Crippen LogP) is -0.164. The van der Waals surface area contributed by atoms with Gasteiger partial charge in [0.1, 0.15) is 6.61 Å². The summed E-state index contributed by atoms with van der Waals surface area (Å²) in [5, 5.41) is 3.09. The number of piperazine rings is 1. The number of rotatable bonds is 5. The van der Waals surface area contributed by atoms with E-state index in [2.05, 4.69) is 5.32 Å². The molecule has 118 valence electrons. The number of nitrogens with zero attached hydrogens (tertiary/aromatic N) is 2. The fourth-order valence-corrected chi connectivity index (χ4v) is 3.13. The lowest BCUT2D eigenvalue weighted by Gasteiger charge is -2.41. The third-order valence-electron chi connectivity index (χ3n) is 4.59. The van der Waals surface area contributed by atoms with Gasteiger partial charge in [-0.2, -0.15) is 0 Å². The highest BCUT2D eigenvalue weighted by molar-refractivity contribution is 5.80. The molecule has 6 heteroatoms. The summed E-state index contributed by atoms with van der Waals surface area (Å²) in [4.78, 5) is 28.0. The van der Waals surface area contributed by atoms with Crippen LogP contribution in [0.5, 0.6) is 0 Å². The van der Waals surface area contributed by atoms with Gasteiger partial charge < -0.3 is 19.9 Å². The second-order valence-electron chi connectivity index (χ2n) is 6.36. The molecule has 1 N–H and O–H groups in total. The molecule has 0 aromatic carbocycles. The van der Waals surface area contributed by atoms with Crippen molar-refractivity contribution < 1.29 is 14.3 Å². The Bertz CT molecular complexity index is 398. The summed E-state index contributed by atoms with van der Waals surface area (Å²) in [5.41, 5.74) is 0. The Morgan fingerprint density at radius 2 is 2.14 bits per heavy atom. The van der Waals surface area contributed by atoms with Gasteiger partial charge in [-0.3, -0.25) is 9.59 Å². The SMILES string of the molecule is O=C(COCC1CC1)N1CCCC(N2CCNCC2=O)C1. The van der Waals surface area contributed by atoms with E-state index in [0.717, 1.165) is 39.1 Å². The van der Waals surface area contributed by atoms with E-state index in [1.54, 1.807) is 0 Å². The molecule has 2 heterocycles. The van der Waals surface area contributed by atoms with Crippen molar-refractivity contribution in [1.82, 2.24) is 15.1 Å². The molecule has 3 aliphatic rings. The molecule has 2 saturated heterocycles. The van der Waals surface area contributed by atoms with Crippen molar-refractivity contribution in [1.29, 1.82) is 0 Å². The highest BCUT2D eigenvalue weighted by Gasteiger charge is 2.31. The lowest BCUT2D eigenvalue weighted by Crippen LogP contribution is -2.57. The smallest absolute Gasteiger partial charge is 0.248 e. The minimum atomic E-state index is 0.0722. The maximum atomic E-state index is 12.2. The second kappa shape index (κ2) is 6.75. The van der Waals surface area contributed by atoms with Crippen LogP contribution in [0.15, 0.2) is 0 Å². The van der Waals surface area contributed by atoms with E-state index < -0.39 is 0 Å². The first-order chi connectivity index (χ1) is 10.2. The molecule has 0 bridgehead atoms. The number of ether oxygens (including phenoxy) is 1. The topological polar surface area (TPSA) is 61.9 Å². The first kappa shape index (κ1) is 14.8. The van der Waals surface area contributed by atoms with Crippen LogP contribution in [-0.2, 0) is 14.3 Å². The zero-order chi connectivity index (χ0) is 14.7. The van der Waals surface area contributed by atoms with E-state index >= 15 is 0 Å². The maximum absolute atomic E-state index is 12.2. The number of nitrogens with one attached hydrogen (secondary N) is 1. The van der Waals surface area contributed by atoms with E-state index in [1.165, 1.54) is 12.8 Å². The first-order valence-corrected chi connectivity index (χ1v) is 8.10. The monoisotopic (exact) mass is 295 g/mol. The van der Waals surface area contributed by atoms with Crippen LogP contribution in [-0.4, -0.2) is 73.6 Å². The number of carbonyl (C=O) groups is 2. The van der Waals surface area contributed by atoms with E-state index in [0.29, 0.717) is 19.0 Å². The fraction of sp³-hybridized carbons (Fsp3) is 0.867.